The van der Waals surface area contributed by atoms with Gasteiger partial charge < -0.3 is 4.90 Å². The van der Waals surface area contributed by atoms with Crippen molar-refractivity contribution in [2.75, 3.05) is 31.1 Å². The largest absolute Gasteiger partial charge is 0.322 e. The van der Waals surface area contributed by atoms with Gasteiger partial charge in [0, 0.05) is 0 Å². The molecular formula is C24H23FN3O4S+. The van der Waals surface area contributed by atoms with Gasteiger partial charge in [0.2, 0.25) is 15.9 Å². The Kier molecular flexibility index (Phi) is 5.48. The van der Waals surface area contributed by atoms with Gasteiger partial charge in [0.15, 0.2) is 6.04 Å². The highest BCUT2D eigenvalue weighted by Gasteiger charge is 2.47. The summed E-state index contributed by atoms with van der Waals surface area (Å²) in [6.07, 6.45) is 0.0585. The van der Waals surface area contributed by atoms with Gasteiger partial charge in [-0.2, -0.15) is 4.31 Å². The third-order valence-electron chi connectivity index (χ3n) is 6.45. The van der Waals surface area contributed by atoms with Crippen molar-refractivity contribution in [3.8, 4) is 0 Å². The van der Waals surface area contributed by atoms with Crippen LogP contribution in [0.2, 0.25) is 0 Å². The lowest BCUT2D eigenvalue weighted by Crippen LogP contribution is -3.19. The van der Waals surface area contributed by atoms with E-state index in [0.29, 0.717) is 18.8 Å². The number of piperazine rings is 1. The van der Waals surface area contributed by atoms with Gasteiger partial charge in [0.25, 0.3) is 5.91 Å². The summed E-state index contributed by atoms with van der Waals surface area (Å²) in [4.78, 5) is 27.8. The molecule has 2 aliphatic rings. The third-order valence-corrected chi connectivity index (χ3v) is 8.34. The molecule has 1 atom stereocenters. The van der Waals surface area contributed by atoms with Gasteiger partial charge in [-0.05, 0) is 47.2 Å². The predicted octanol–water partition coefficient (Wildman–Crippen LogP) is 1.20. The number of sulfonamides is 1. The molecule has 2 fully saturated rings. The van der Waals surface area contributed by atoms with Crippen molar-refractivity contribution in [1.29, 1.82) is 0 Å². The smallest absolute Gasteiger partial charge is 0.292 e. The Bertz CT molecular complexity index is 1340. The molecule has 170 valence electrons. The first kappa shape index (κ1) is 21.7. The number of halogens is 1. The van der Waals surface area contributed by atoms with E-state index in [4.69, 9.17) is 0 Å². The first-order valence-corrected chi connectivity index (χ1v) is 12.2. The highest BCUT2D eigenvalue weighted by atomic mass is 32.2. The van der Waals surface area contributed by atoms with E-state index >= 15 is 0 Å². The number of nitrogens with one attached hydrogen (secondary N) is 1. The van der Waals surface area contributed by atoms with Crippen LogP contribution in [0.15, 0.2) is 71.6 Å². The van der Waals surface area contributed by atoms with Gasteiger partial charge in [-0.15, -0.1) is 0 Å². The molecule has 5 rings (SSSR count). The maximum absolute atomic E-state index is 13.2. The highest BCUT2D eigenvalue weighted by Crippen LogP contribution is 2.24. The Labute approximate surface area is 191 Å². The van der Waals surface area contributed by atoms with Crippen LogP contribution in [0.3, 0.4) is 0 Å². The molecule has 2 aliphatic heterocycles. The highest BCUT2D eigenvalue weighted by molar-refractivity contribution is 7.89. The minimum absolute atomic E-state index is 0.0585. The number of carbonyl (C=O) groups is 2. The van der Waals surface area contributed by atoms with Gasteiger partial charge in [-0.1, -0.05) is 30.3 Å². The quantitative estimate of drug-likeness (QED) is 0.584. The molecule has 33 heavy (non-hydrogen) atoms. The summed E-state index contributed by atoms with van der Waals surface area (Å²) in [7, 11) is -3.66. The molecular weight excluding hydrogens is 445 g/mol. The summed E-state index contributed by atoms with van der Waals surface area (Å²) < 4.78 is 41.1. The molecule has 0 bridgehead atoms. The van der Waals surface area contributed by atoms with Crippen molar-refractivity contribution < 1.29 is 27.3 Å². The molecule has 0 saturated carbocycles. The lowest BCUT2D eigenvalue weighted by atomic mass is 10.1. The van der Waals surface area contributed by atoms with Crippen molar-refractivity contribution in [1.82, 2.24) is 4.31 Å². The van der Waals surface area contributed by atoms with Gasteiger partial charge in [0.1, 0.15) is 5.82 Å². The summed E-state index contributed by atoms with van der Waals surface area (Å²) in [6, 6.07) is 17.4. The van der Waals surface area contributed by atoms with Crippen molar-refractivity contribution in [3.63, 3.8) is 0 Å². The maximum atomic E-state index is 13.2. The molecule has 7 nitrogen and oxygen atoms in total. The molecule has 9 heteroatoms. The summed E-state index contributed by atoms with van der Waals surface area (Å²) >= 11 is 0. The van der Waals surface area contributed by atoms with Crippen molar-refractivity contribution in [3.05, 3.63) is 72.5 Å². The molecule has 0 radical (unpaired) electrons. The number of nitrogens with zero attached hydrogens (tertiary/aromatic N) is 2. The second-order valence-corrected chi connectivity index (χ2v) is 10.3. The molecule has 0 aliphatic carbocycles. The van der Waals surface area contributed by atoms with Crippen LogP contribution in [-0.2, 0) is 19.6 Å². The van der Waals surface area contributed by atoms with E-state index in [0.717, 1.165) is 20.6 Å². The van der Waals surface area contributed by atoms with E-state index in [1.54, 1.807) is 18.2 Å². The van der Waals surface area contributed by atoms with Crippen molar-refractivity contribution >= 4 is 38.3 Å². The number of anilines is 1. The number of benzene rings is 3. The Hall–Kier alpha value is -3.14. The van der Waals surface area contributed by atoms with Crippen LogP contribution in [0.25, 0.3) is 10.8 Å². The normalized spacial score (nSPS) is 20.6. The van der Waals surface area contributed by atoms with E-state index in [1.165, 1.54) is 28.6 Å². The predicted molar refractivity (Wildman–Crippen MR) is 121 cm³/mol. The molecule has 1 N–H and O–H groups in total. The molecule has 0 unspecified atom stereocenters. The Morgan fingerprint density at radius 3 is 2.24 bits per heavy atom. The van der Waals surface area contributed by atoms with Gasteiger partial charge in [-0.25, -0.2) is 17.7 Å². The maximum Gasteiger partial charge on any atom is 0.292 e. The number of hydrogen-bond acceptors (Lipinski definition) is 4. The average molecular weight is 469 g/mol. The average Bonchev–Trinajstić information content (AvgIpc) is 3.13. The van der Waals surface area contributed by atoms with Crippen LogP contribution >= 0.6 is 0 Å². The monoisotopic (exact) mass is 468 g/mol. The number of fused-ring (bicyclic) bond motifs is 1. The molecule has 3 aromatic rings. The lowest BCUT2D eigenvalue weighted by molar-refractivity contribution is -0.918. The van der Waals surface area contributed by atoms with Crippen LogP contribution in [0.5, 0.6) is 0 Å². The Balaban J connectivity index is 1.29. The minimum atomic E-state index is -3.66. The second-order valence-electron chi connectivity index (χ2n) is 8.37. The first-order valence-electron chi connectivity index (χ1n) is 10.8. The standard InChI is InChI=1S/C24H22FN3O4S/c25-19-6-8-20(9-7-19)28-23(29)16-22(24(28)30)26-11-13-27(14-12-26)33(31,32)21-10-5-17-3-1-2-4-18(17)15-21/h1-10,15,22H,11-14,16H2/p+1/t22-/m1/s1. The number of carbonyl (C=O) groups excluding carboxylic acids is 2. The van der Waals surface area contributed by atoms with E-state index < -0.39 is 21.9 Å². The van der Waals surface area contributed by atoms with E-state index in [1.807, 2.05) is 24.3 Å². The van der Waals surface area contributed by atoms with E-state index in [9.17, 15) is 22.4 Å². The molecule has 2 amide bonds. The number of rotatable bonds is 4. The lowest BCUT2D eigenvalue weighted by Gasteiger charge is -2.33. The van der Waals surface area contributed by atoms with Crippen LogP contribution in [0.1, 0.15) is 6.42 Å². The molecule has 0 aromatic heterocycles. The van der Waals surface area contributed by atoms with Gasteiger partial charge >= 0.3 is 0 Å². The number of amides is 2. The molecule has 0 spiro atoms. The van der Waals surface area contributed by atoms with E-state index in [2.05, 4.69) is 0 Å². The minimum Gasteiger partial charge on any atom is -0.322 e. The first-order chi connectivity index (χ1) is 15.8. The van der Waals surface area contributed by atoms with Gasteiger partial charge in [0.05, 0.1) is 43.2 Å². The number of hydrogen-bond donors (Lipinski definition) is 1. The third kappa shape index (κ3) is 3.92. The van der Waals surface area contributed by atoms with E-state index in [-0.39, 0.29) is 36.2 Å². The zero-order chi connectivity index (χ0) is 23.2. The SMILES string of the molecule is O=C1C[C@@H]([NH+]2CCN(S(=O)(=O)c3ccc4ccccc4c3)CC2)C(=O)N1c1ccc(F)cc1. The number of imide groups is 1. The van der Waals surface area contributed by atoms with Gasteiger partial charge in [-0.3, -0.25) is 9.59 Å². The zero-order valence-corrected chi connectivity index (χ0v) is 18.6. The topological polar surface area (TPSA) is 79.2 Å². The fourth-order valence-electron chi connectivity index (χ4n) is 4.65. The van der Waals surface area contributed by atoms with Crippen LogP contribution in [0, 0.1) is 5.82 Å². The summed E-state index contributed by atoms with van der Waals surface area (Å²) in [5.41, 5.74) is 0.353. The van der Waals surface area contributed by atoms with Crippen LogP contribution in [0.4, 0.5) is 10.1 Å². The summed E-state index contributed by atoms with van der Waals surface area (Å²) in [5.74, 6) is -1.09. The second kappa shape index (κ2) is 8.33. The summed E-state index contributed by atoms with van der Waals surface area (Å²) in [5, 5.41) is 1.83. The Morgan fingerprint density at radius 1 is 0.879 bits per heavy atom. The zero-order valence-electron chi connectivity index (χ0n) is 17.8. The van der Waals surface area contributed by atoms with Crippen molar-refractivity contribution in [2.24, 2.45) is 0 Å². The fraction of sp³-hybridized carbons (Fsp3) is 0.250. The summed E-state index contributed by atoms with van der Waals surface area (Å²) in [6.45, 7) is 1.37. The number of quaternary nitrogens is 1. The Morgan fingerprint density at radius 2 is 1.55 bits per heavy atom. The molecule has 2 saturated heterocycles. The van der Waals surface area contributed by atoms with Crippen molar-refractivity contribution in [2.45, 2.75) is 17.4 Å². The molecule has 3 aromatic carbocycles. The van der Waals surface area contributed by atoms with Crippen LogP contribution < -0.4 is 9.80 Å². The molecule has 2 heterocycles. The fourth-order valence-corrected chi connectivity index (χ4v) is 6.13. The van der Waals surface area contributed by atoms with Crippen LogP contribution in [-0.4, -0.2) is 56.8 Å².